The summed E-state index contributed by atoms with van der Waals surface area (Å²) in [6.07, 6.45) is 7.20. The number of rotatable bonds is 2. The van der Waals surface area contributed by atoms with E-state index in [1.807, 2.05) is 0 Å². The van der Waals surface area contributed by atoms with Crippen LogP contribution in [0.4, 0.5) is 0 Å². The predicted molar refractivity (Wildman–Crippen MR) is 43.4 cm³/mol. The average molecular weight is 154 g/mol. The Morgan fingerprint density at radius 1 is 1.55 bits per heavy atom. The van der Waals surface area contributed by atoms with Crippen molar-refractivity contribution in [1.82, 2.24) is 0 Å². The van der Waals surface area contributed by atoms with Crippen LogP contribution in [0.2, 0.25) is 0 Å². The molecule has 2 heteroatoms. The topological polar surface area (TPSA) is 26.3 Å². The highest BCUT2D eigenvalue weighted by Gasteiger charge is 2.17. The van der Waals surface area contributed by atoms with Gasteiger partial charge < -0.3 is 4.74 Å². The first-order valence-electron chi connectivity index (χ1n) is 4.05. The molecule has 11 heavy (non-hydrogen) atoms. The number of ether oxygens (including phenoxy) is 1. The van der Waals surface area contributed by atoms with Gasteiger partial charge in [0.2, 0.25) is 0 Å². The van der Waals surface area contributed by atoms with E-state index >= 15 is 0 Å². The number of carbonyl (C=O) groups excluding carboxylic acids is 1. The Labute approximate surface area is 67.2 Å². The molecule has 1 aliphatic rings. The summed E-state index contributed by atoms with van der Waals surface area (Å²) in [5.41, 5.74) is 1.16. The fourth-order valence-corrected chi connectivity index (χ4v) is 1.55. The van der Waals surface area contributed by atoms with Crippen molar-refractivity contribution in [2.45, 2.75) is 31.8 Å². The van der Waals surface area contributed by atoms with Gasteiger partial charge in [0.05, 0.1) is 6.10 Å². The first-order chi connectivity index (χ1) is 5.38. The maximum Gasteiger partial charge on any atom is 0.142 e. The molecule has 0 unspecified atom stereocenters. The molecule has 0 radical (unpaired) electrons. The lowest BCUT2D eigenvalue weighted by Crippen LogP contribution is -2.18. The molecule has 0 spiro atoms. The van der Waals surface area contributed by atoms with Gasteiger partial charge in [0.15, 0.2) is 0 Å². The highest BCUT2D eigenvalue weighted by molar-refractivity contribution is 5.66. The van der Waals surface area contributed by atoms with Gasteiger partial charge in [-0.1, -0.05) is 6.42 Å². The molecule has 1 rings (SSSR count). The first-order valence-corrected chi connectivity index (χ1v) is 4.05. The summed E-state index contributed by atoms with van der Waals surface area (Å²) < 4.78 is 5.23. The van der Waals surface area contributed by atoms with E-state index in [9.17, 15) is 4.79 Å². The standard InChI is InChI=1S/C9H14O2/c1-11-9-5-3-2-4-8(9)6-7-10/h6-7,9H,2-5H2,1H3/b8-6+/t9-/m0/s1. The smallest absolute Gasteiger partial charge is 0.142 e. The van der Waals surface area contributed by atoms with Gasteiger partial charge in [0, 0.05) is 7.11 Å². The van der Waals surface area contributed by atoms with Crippen molar-refractivity contribution in [2.75, 3.05) is 7.11 Å². The van der Waals surface area contributed by atoms with Gasteiger partial charge >= 0.3 is 0 Å². The van der Waals surface area contributed by atoms with E-state index in [0.717, 1.165) is 24.7 Å². The molecule has 0 aromatic heterocycles. The minimum absolute atomic E-state index is 0.203. The van der Waals surface area contributed by atoms with E-state index in [1.165, 1.54) is 12.8 Å². The van der Waals surface area contributed by atoms with Crippen molar-refractivity contribution in [3.8, 4) is 0 Å². The minimum atomic E-state index is 0.203. The average Bonchev–Trinajstić information content (AvgIpc) is 2.06. The van der Waals surface area contributed by atoms with E-state index in [-0.39, 0.29) is 6.10 Å². The van der Waals surface area contributed by atoms with Crippen LogP contribution < -0.4 is 0 Å². The largest absolute Gasteiger partial charge is 0.377 e. The van der Waals surface area contributed by atoms with E-state index < -0.39 is 0 Å². The van der Waals surface area contributed by atoms with E-state index in [4.69, 9.17) is 4.74 Å². The summed E-state index contributed by atoms with van der Waals surface area (Å²) in [7, 11) is 1.70. The van der Waals surface area contributed by atoms with Gasteiger partial charge in [-0.15, -0.1) is 0 Å². The molecule has 0 saturated heterocycles. The molecular weight excluding hydrogens is 140 g/mol. The number of hydrogen-bond acceptors (Lipinski definition) is 2. The van der Waals surface area contributed by atoms with Crippen LogP contribution in [0.15, 0.2) is 11.6 Å². The fraction of sp³-hybridized carbons (Fsp3) is 0.667. The van der Waals surface area contributed by atoms with Gasteiger partial charge in [-0.05, 0) is 30.9 Å². The van der Waals surface area contributed by atoms with Crippen molar-refractivity contribution in [3.63, 3.8) is 0 Å². The van der Waals surface area contributed by atoms with Crippen LogP contribution in [0.1, 0.15) is 25.7 Å². The zero-order valence-electron chi connectivity index (χ0n) is 6.88. The Hall–Kier alpha value is -0.630. The van der Waals surface area contributed by atoms with Gasteiger partial charge in [0.1, 0.15) is 6.29 Å². The molecule has 0 aromatic carbocycles. The van der Waals surface area contributed by atoms with E-state index in [2.05, 4.69) is 0 Å². The molecule has 0 aliphatic heterocycles. The van der Waals surface area contributed by atoms with Gasteiger partial charge in [-0.3, -0.25) is 4.79 Å². The Morgan fingerprint density at radius 3 is 3.00 bits per heavy atom. The van der Waals surface area contributed by atoms with Crippen molar-refractivity contribution < 1.29 is 9.53 Å². The van der Waals surface area contributed by atoms with Gasteiger partial charge in [0.25, 0.3) is 0 Å². The number of aldehydes is 1. The molecule has 1 saturated carbocycles. The van der Waals surface area contributed by atoms with Crippen LogP contribution in [0.5, 0.6) is 0 Å². The van der Waals surface area contributed by atoms with Crippen molar-refractivity contribution in [1.29, 1.82) is 0 Å². The molecular formula is C9H14O2. The SMILES string of the molecule is CO[C@H]1CCCC/C1=C\C=O. The first kappa shape index (κ1) is 8.47. The molecule has 62 valence electrons. The van der Waals surface area contributed by atoms with Crippen molar-refractivity contribution in [3.05, 3.63) is 11.6 Å². The zero-order chi connectivity index (χ0) is 8.10. The van der Waals surface area contributed by atoms with Crippen molar-refractivity contribution in [2.24, 2.45) is 0 Å². The quantitative estimate of drug-likeness (QED) is 0.447. The molecule has 0 heterocycles. The maximum atomic E-state index is 10.2. The van der Waals surface area contributed by atoms with Crippen LogP contribution in [0.3, 0.4) is 0 Å². The lowest BCUT2D eigenvalue weighted by atomic mass is 9.92. The predicted octanol–water partition coefficient (Wildman–Crippen LogP) is 1.70. The molecule has 0 aromatic rings. The second-order valence-corrected chi connectivity index (χ2v) is 2.85. The highest BCUT2D eigenvalue weighted by atomic mass is 16.5. The van der Waals surface area contributed by atoms with E-state index in [0.29, 0.717) is 0 Å². The summed E-state index contributed by atoms with van der Waals surface area (Å²) in [6.45, 7) is 0. The van der Waals surface area contributed by atoms with Crippen LogP contribution in [-0.4, -0.2) is 19.5 Å². The summed E-state index contributed by atoms with van der Waals surface area (Å²) in [6, 6.07) is 0. The number of methoxy groups -OCH3 is 1. The molecule has 1 aliphatic carbocycles. The number of carbonyl (C=O) groups is 1. The molecule has 1 atom stereocenters. The third-order valence-corrected chi connectivity index (χ3v) is 2.16. The Bertz CT molecular complexity index is 161. The number of allylic oxidation sites excluding steroid dienone is 1. The Morgan fingerprint density at radius 2 is 2.36 bits per heavy atom. The lowest BCUT2D eigenvalue weighted by molar-refractivity contribution is -0.104. The molecule has 2 nitrogen and oxygen atoms in total. The van der Waals surface area contributed by atoms with Crippen LogP contribution in [-0.2, 0) is 9.53 Å². The maximum absolute atomic E-state index is 10.2. The molecule has 0 bridgehead atoms. The molecule has 0 amide bonds. The van der Waals surface area contributed by atoms with Crippen LogP contribution >= 0.6 is 0 Å². The summed E-state index contributed by atoms with van der Waals surface area (Å²) in [5.74, 6) is 0. The minimum Gasteiger partial charge on any atom is -0.377 e. The van der Waals surface area contributed by atoms with E-state index in [1.54, 1.807) is 13.2 Å². The molecule has 1 fully saturated rings. The van der Waals surface area contributed by atoms with Gasteiger partial charge in [-0.2, -0.15) is 0 Å². The Balaban J connectivity index is 2.58. The van der Waals surface area contributed by atoms with Crippen molar-refractivity contribution >= 4 is 6.29 Å². The van der Waals surface area contributed by atoms with Crippen LogP contribution in [0, 0.1) is 0 Å². The number of hydrogen-bond donors (Lipinski definition) is 0. The lowest BCUT2D eigenvalue weighted by Gasteiger charge is -2.23. The third-order valence-electron chi connectivity index (χ3n) is 2.16. The van der Waals surface area contributed by atoms with Gasteiger partial charge in [-0.25, -0.2) is 0 Å². The normalized spacial score (nSPS) is 28.8. The van der Waals surface area contributed by atoms with Crippen LogP contribution in [0.25, 0.3) is 0 Å². The fourth-order valence-electron chi connectivity index (χ4n) is 1.55. The summed E-state index contributed by atoms with van der Waals surface area (Å²) in [4.78, 5) is 10.2. The Kier molecular flexibility index (Phi) is 3.30. The second-order valence-electron chi connectivity index (χ2n) is 2.85. The monoisotopic (exact) mass is 154 g/mol. The summed E-state index contributed by atoms with van der Waals surface area (Å²) >= 11 is 0. The second kappa shape index (κ2) is 4.29. The zero-order valence-corrected chi connectivity index (χ0v) is 6.88. The highest BCUT2D eigenvalue weighted by Crippen LogP contribution is 2.24. The third kappa shape index (κ3) is 2.15. The summed E-state index contributed by atoms with van der Waals surface area (Å²) in [5, 5.41) is 0. The molecule has 0 N–H and O–H groups in total.